The first-order valence-electron chi connectivity index (χ1n) is 7.51. The summed E-state index contributed by atoms with van der Waals surface area (Å²) >= 11 is 1.80. The summed E-state index contributed by atoms with van der Waals surface area (Å²) in [5.74, 6) is 0. The van der Waals surface area contributed by atoms with Gasteiger partial charge < -0.3 is 10.1 Å². The van der Waals surface area contributed by atoms with Crippen molar-refractivity contribution in [3.8, 4) is 0 Å². The normalized spacial score (nSPS) is 20.0. The van der Waals surface area contributed by atoms with Crippen molar-refractivity contribution in [1.29, 1.82) is 0 Å². The van der Waals surface area contributed by atoms with Gasteiger partial charge in [0.05, 0.1) is 11.6 Å². The molecule has 1 aliphatic rings. The van der Waals surface area contributed by atoms with Crippen molar-refractivity contribution in [2.24, 2.45) is 0 Å². The van der Waals surface area contributed by atoms with E-state index in [4.69, 9.17) is 4.74 Å². The summed E-state index contributed by atoms with van der Waals surface area (Å²) in [6, 6.07) is 8.16. The van der Waals surface area contributed by atoms with Crippen LogP contribution in [0.2, 0.25) is 0 Å². The first-order chi connectivity index (χ1) is 10.3. The maximum atomic E-state index is 5.62. The fourth-order valence-corrected chi connectivity index (χ4v) is 3.55. The Morgan fingerprint density at radius 2 is 2.29 bits per heavy atom. The molecule has 0 saturated carbocycles. The van der Waals surface area contributed by atoms with E-state index in [1.54, 1.807) is 18.1 Å². The molecule has 2 atom stereocenters. The Balaban J connectivity index is 1.54. The van der Waals surface area contributed by atoms with E-state index in [-0.39, 0.29) is 0 Å². The van der Waals surface area contributed by atoms with Crippen molar-refractivity contribution in [2.75, 3.05) is 19.7 Å². The molecule has 5 heteroatoms. The van der Waals surface area contributed by atoms with Crippen LogP contribution >= 0.6 is 11.8 Å². The van der Waals surface area contributed by atoms with Crippen LogP contribution < -0.4 is 5.32 Å². The highest BCUT2D eigenvalue weighted by Crippen LogP contribution is 2.27. The number of nitrogens with zero attached hydrogens (tertiary/aromatic N) is 2. The van der Waals surface area contributed by atoms with Crippen LogP contribution in [0.1, 0.15) is 19.8 Å². The van der Waals surface area contributed by atoms with E-state index < -0.39 is 0 Å². The molecule has 3 rings (SSSR count). The fourth-order valence-electron chi connectivity index (χ4n) is 2.56. The quantitative estimate of drug-likeness (QED) is 0.657. The van der Waals surface area contributed by atoms with Crippen LogP contribution in [0.3, 0.4) is 0 Å². The molecule has 0 spiro atoms. The summed E-state index contributed by atoms with van der Waals surface area (Å²) in [5, 5.41) is 6.17. The number of ether oxygens (including phenoxy) is 1. The third kappa shape index (κ3) is 3.93. The summed E-state index contributed by atoms with van der Waals surface area (Å²) in [5.41, 5.74) is 1.01. The van der Waals surface area contributed by atoms with Crippen molar-refractivity contribution in [3.05, 3.63) is 30.6 Å². The Morgan fingerprint density at radius 1 is 1.38 bits per heavy atom. The topological polar surface area (TPSA) is 47.0 Å². The molecule has 0 amide bonds. The monoisotopic (exact) mass is 303 g/mol. The van der Waals surface area contributed by atoms with Gasteiger partial charge in [-0.1, -0.05) is 25.1 Å². The molecule has 0 radical (unpaired) electrons. The molecule has 1 fully saturated rings. The van der Waals surface area contributed by atoms with Crippen molar-refractivity contribution < 1.29 is 4.74 Å². The van der Waals surface area contributed by atoms with E-state index in [9.17, 15) is 0 Å². The molecular formula is C16H21N3OS. The van der Waals surface area contributed by atoms with Crippen LogP contribution in [0.15, 0.2) is 35.6 Å². The lowest BCUT2D eigenvalue weighted by atomic mass is 10.2. The number of rotatable bonds is 6. The number of hydrogen-bond acceptors (Lipinski definition) is 5. The molecule has 1 saturated heterocycles. The minimum Gasteiger partial charge on any atom is -0.377 e. The molecule has 0 aliphatic carbocycles. The number of para-hydroxylation sites is 1. The number of fused-ring (bicyclic) bond motifs is 1. The molecule has 21 heavy (non-hydrogen) atoms. The van der Waals surface area contributed by atoms with Crippen molar-refractivity contribution in [3.63, 3.8) is 0 Å². The van der Waals surface area contributed by atoms with Crippen molar-refractivity contribution in [1.82, 2.24) is 15.3 Å². The number of aromatic nitrogens is 2. The van der Waals surface area contributed by atoms with Crippen LogP contribution in [0, 0.1) is 0 Å². The van der Waals surface area contributed by atoms with Crippen LogP contribution in [0.5, 0.6) is 0 Å². The average Bonchev–Trinajstić information content (AvgIpc) is 3.01. The van der Waals surface area contributed by atoms with E-state index in [1.165, 1.54) is 12.8 Å². The Bertz CT molecular complexity index is 581. The van der Waals surface area contributed by atoms with Gasteiger partial charge in [0.2, 0.25) is 0 Å². The molecule has 1 aromatic carbocycles. The van der Waals surface area contributed by atoms with E-state index in [2.05, 4.69) is 28.3 Å². The minimum absolute atomic E-state index is 0.405. The zero-order chi connectivity index (χ0) is 14.5. The van der Waals surface area contributed by atoms with Crippen LogP contribution in [-0.2, 0) is 4.74 Å². The summed E-state index contributed by atoms with van der Waals surface area (Å²) in [6.07, 6.45) is 4.44. The minimum atomic E-state index is 0.405. The number of nitrogens with one attached hydrogen (secondary N) is 1. The summed E-state index contributed by atoms with van der Waals surface area (Å²) in [4.78, 5) is 8.74. The summed E-state index contributed by atoms with van der Waals surface area (Å²) < 4.78 is 5.62. The smallest absolute Gasteiger partial charge is 0.117 e. The molecule has 0 bridgehead atoms. The molecule has 2 aromatic rings. The molecule has 1 aliphatic heterocycles. The Kier molecular flexibility index (Phi) is 5.06. The lowest BCUT2D eigenvalue weighted by molar-refractivity contribution is 0.110. The van der Waals surface area contributed by atoms with E-state index in [1.807, 2.05) is 18.2 Å². The van der Waals surface area contributed by atoms with Crippen LogP contribution in [-0.4, -0.2) is 41.0 Å². The summed E-state index contributed by atoms with van der Waals surface area (Å²) in [7, 11) is 0. The Hall–Kier alpha value is -1.17. The largest absolute Gasteiger partial charge is 0.377 e. The van der Waals surface area contributed by atoms with Gasteiger partial charge in [-0.2, -0.15) is 0 Å². The van der Waals surface area contributed by atoms with Gasteiger partial charge in [0.1, 0.15) is 11.4 Å². The second-order valence-corrected chi connectivity index (χ2v) is 6.84. The van der Waals surface area contributed by atoms with E-state index in [0.717, 1.165) is 35.6 Å². The van der Waals surface area contributed by atoms with Gasteiger partial charge in [0.15, 0.2) is 0 Å². The van der Waals surface area contributed by atoms with Gasteiger partial charge in [-0.15, -0.1) is 11.8 Å². The van der Waals surface area contributed by atoms with Crippen molar-refractivity contribution in [2.45, 2.75) is 36.1 Å². The third-order valence-electron chi connectivity index (χ3n) is 3.65. The molecule has 2 unspecified atom stereocenters. The molecule has 4 nitrogen and oxygen atoms in total. The average molecular weight is 303 g/mol. The number of benzene rings is 1. The molecule has 1 N–H and O–H groups in total. The fraction of sp³-hybridized carbons (Fsp3) is 0.500. The zero-order valence-electron chi connectivity index (χ0n) is 12.3. The highest BCUT2D eigenvalue weighted by Gasteiger charge is 2.15. The van der Waals surface area contributed by atoms with Gasteiger partial charge in [0, 0.05) is 30.3 Å². The lowest BCUT2D eigenvalue weighted by Crippen LogP contribution is -2.30. The molecule has 112 valence electrons. The highest BCUT2D eigenvalue weighted by atomic mass is 32.2. The number of hydrogen-bond donors (Lipinski definition) is 1. The van der Waals surface area contributed by atoms with E-state index in [0.29, 0.717) is 11.4 Å². The second kappa shape index (κ2) is 7.20. The molecular weight excluding hydrogens is 282 g/mol. The van der Waals surface area contributed by atoms with Gasteiger partial charge in [-0.25, -0.2) is 9.97 Å². The lowest BCUT2D eigenvalue weighted by Gasteiger charge is -2.15. The standard InChI is InChI=1S/C16H21N3OS/c1-12(9-17-10-13-5-4-8-20-13)21-16-14-6-2-3-7-15(14)18-11-19-16/h2-3,6-7,11-13,17H,4-5,8-10H2,1H3. The Morgan fingerprint density at radius 3 is 3.14 bits per heavy atom. The van der Waals surface area contributed by atoms with Gasteiger partial charge in [-0.05, 0) is 18.9 Å². The first-order valence-corrected chi connectivity index (χ1v) is 8.39. The van der Waals surface area contributed by atoms with Gasteiger partial charge in [0.25, 0.3) is 0 Å². The second-order valence-electron chi connectivity index (χ2n) is 5.42. The SMILES string of the molecule is CC(CNCC1CCCO1)Sc1ncnc2ccccc12. The van der Waals surface area contributed by atoms with Crippen molar-refractivity contribution >= 4 is 22.7 Å². The predicted octanol–water partition coefficient (Wildman–Crippen LogP) is 2.88. The van der Waals surface area contributed by atoms with Crippen LogP contribution in [0.4, 0.5) is 0 Å². The van der Waals surface area contributed by atoms with Gasteiger partial charge >= 0.3 is 0 Å². The maximum Gasteiger partial charge on any atom is 0.117 e. The highest BCUT2D eigenvalue weighted by molar-refractivity contribution is 8.00. The number of thioether (sulfide) groups is 1. The molecule has 1 aromatic heterocycles. The van der Waals surface area contributed by atoms with Crippen LogP contribution in [0.25, 0.3) is 10.9 Å². The Labute approximate surface area is 129 Å². The first kappa shape index (κ1) is 14.8. The molecule has 2 heterocycles. The zero-order valence-corrected chi connectivity index (χ0v) is 13.1. The predicted molar refractivity (Wildman–Crippen MR) is 86.7 cm³/mol. The third-order valence-corrected chi connectivity index (χ3v) is 4.76. The summed E-state index contributed by atoms with van der Waals surface area (Å²) in [6.45, 7) is 5.06. The van der Waals surface area contributed by atoms with E-state index >= 15 is 0 Å². The van der Waals surface area contributed by atoms with Gasteiger partial charge in [-0.3, -0.25) is 0 Å². The maximum absolute atomic E-state index is 5.62.